The number of nitrogens with zero attached hydrogens (tertiary/aromatic N) is 4. The summed E-state index contributed by atoms with van der Waals surface area (Å²) in [6, 6.07) is 43.1. The van der Waals surface area contributed by atoms with Gasteiger partial charge in [0.25, 0.3) is 0 Å². The maximum absolute atomic E-state index is 5.16. The molecule has 0 bridgehead atoms. The first-order valence-electron chi connectivity index (χ1n) is 20.0. The summed E-state index contributed by atoms with van der Waals surface area (Å²) in [7, 11) is 0. The Labute approximate surface area is 334 Å². The molecular formula is C53H42N4. The Morgan fingerprint density at radius 1 is 0.667 bits per heavy atom. The van der Waals surface area contributed by atoms with Crippen LogP contribution in [0.25, 0.3) is 73.5 Å². The predicted molar refractivity (Wildman–Crippen MR) is 237 cm³/mol. The van der Waals surface area contributed by atoms with E-state index in [-0.39, 0.29) is 0 Å². The van der Waals surface area contributed by atoms with Crippen LogP contribution in [0.2, 0.25) is 0 Å². The maximum Gasteiger partial charge on any atom is 0.164 e. The molecule has 10 rings (SSSR count). The Hall–Kier alpha value is -6.91. The number of fused-ring (bicyclic) bond motifs is 4. The average Bonchev–Trinajstić information content (AvgIpc) is 3.81. The van der Waals surface area contributed by atoms with Crippen LogP contribution in [0.4, 0.5) is 0 Å². The van der Waals surface area contributed by atoms with Crippen molar-refractivity contribution in [3.63, 3.8) is 0 Å². The van der Waals surface area contributed by atoms with E-state index in [1.165, 1.54) is 55.6 Å². The second-order valence-corrected chi connectivity index (χ2v) is 15.0. The molecule has 274 valence electrons. The van der Waals surface area contributed by atoms with Gasteiger partial charge in [-0.3, -0.25) is 0 Å². The number of allylic oxidation sites excluding steroid dienone is 10. The minimum atomic E-state index is 0.641. The molecule has 0 N–H and O–H groups in total. The highest BCUT2D eigenvalue weighted by molar-refractivity contribution is 5.92. The van der Waals surface area contributed by atoms with Gasteiger partial charge in [-0.2, -0.15) is 0 Å². The van der Waals surface area contributed by atoms with Crippen LogP contribution in [0.5, 0.6) is 0 Å². The van der Waals surface area contributed by atoms with E-state index in [0.29, 0.717) is 17.5 Å². The standard InChI is InChI=1S/C53H42N4/c1-3-15-45-35(4-2)30-41-26-27-43(33-48(41)45)53-55-51(37-18-9-6-10-19-37)54-52(56-53)42-22-13-20-38(31-42)39-21-14-23-44(32-39)57-49-25-12-11-24-46(49)47-29-28-40(34-50(47)57)36-16-7-5-8-17-36/h3-4,6-7,9-27,31-34H,2,5,8,28-30H2,1H3/b15-3-. The van der Waals surface area contributed by atoms with E-state index in [2.05, 4.69) is 158 Å². The third-order valence-electron chi connectivity index (χ3n) is 11.5. The van der Waals surface area contributed by atoms with E-state index in [0.717, 1.165) is 65.6 Å². The van der Waals surface area contributed by atoms with Crippen LogP contribution in [0, 0.1) is 0 Å². The van der Waals surface area contributed by atoms with Crippen LogP contribution in [0.1, 0.15) is 48.6 Å². The number of aromatic nitrogens is 4. The van der Waals surface area contributed by atoms with Gasteiger partial charge in [0.05, 0.1) is 11.2 Å². The van der Waals surface area contributed by atoms with Crippen LogP contribution in [-0.4, -0.2) is 19.5 Å². The summed E-state index contributed by atoms with van der Waals surface area (Å²) in [6.45, 7) is 6.15. The lowest BCUT2D eigenvalue weighted by atomic mass is 9.89. The van der Waals surface area contributed by atoms with Crippen molar-refractivity contribution >= 4 is 22.6 Å². The van der Waals surface area contributed by atoms with E-state index < -0.39 is 0 Å². The molecule has 0 atom stereocenters. The van der Waals surface area contributed by atoms with Gasteiger partial charge in [0.2, 0.25) is 0 Å². The molecule has 4 heteroatoms. The predicted octanol–water partition coefficient (Wildman–Crippen LogP) is 13.2. The highest BCUT2D eigenvalue weighted by atomic mass is 15.0. The second-order valence-electron chi connectivity index (χ2n) is 15.0. The first-order chi connectivity index (χ1) is 28.1. The Morgan fingerprint density at radius 2 is 1.39 bits per heavy atom. The summed E-state index contributed by atoms with van der Waals surface area (Å²) in [4.78, 5) is 15.3. The van der Waals surface area contributed by atoms with Gasteiger partial charge in [-0.25, -0.2) is 15.0 Å². The third kappa shape index (κ3) is 6.33. The molecule has 57 heavy (non-hydrogen) atoms. The largest absolute Gasteiger partial charge is 0.310 e. The lowest BCUT2D eigenvalue weighted by Gasteiger charge is -2.19. The lowest BCUT2D eigenvalue weighted by Crippen LogP contribution is -2.05. The normalized spacial score (nSPS) is 14.8. The number of benzene rings is 5. The Balaban J connectivity index is 1.07. The molecule has 0 aliphatic heterocycles. The van der Waals surface area contributed by atoms with Crippen molar-refractivity contribution in [2.24, 2.45) is 0 Å². The number of aryl methyl sites for hydroxylation is 1. The minimum Gasteiger partial charge on any atom is -0.310 e. The number of hydrogen-bond donors (Lipinski definition) is 0. The maximum atomic E-state index is 5.16. The lowest BCUT2D eigenvalue weighted by molar-refractivity contribution is 0.917. The zero-order chi connectivity index (χ0) is 38.3. The Kier molecular flexibility index (Phi) is 8.87. The molecule has 4 nitrogen and oxygen atoms in total. The number of para-hydroxylation sites is 1. The van der Waals surface area contributed by atoms with Gasteiger partial charge in [0.15, 0.2) is 17.5 Å². The van der Waals surface area contributed by atoms with Crippen LogP contribution in [0.3, 0.4) is 0 Å². The minimum absolute atomic E-state index is 0.641. The van der Waals surface area contributed by atoms with Crippen molar-refractivity contribution in [3.05, 3.63) is 203 Å². The molecule has 0 fully saturated rings. The zero-order valence-corrected chi connectivity index (χ0v) is 32.1. The van der Waals surface area contributed by atoms with Gasteiger partial charge in [0.1, 0.15) is 0 Å². The van der Waals surface area contributed by atoms with E-state index in [1.54, 1.807) is 0 Å². The van der Waals surface area contributed by atoms with E-state index >= 15 is 0 Å². The van der Waals surface area contributed by atoms with E-state index in [1.807, 2.05) is 24.3 Å². The molecular weight excluding hydrogens is 693 g/mol. The molecule has 3 aliphatic carbocycles. The van der Waals surface area contributed by atoms with Crippen molar-refractivity contribution in [2.75, 3.05) is 0 Å². The van der Waals surface area contributed by atoms with E-state index in [4.69, 9.17) is 15.0 Å². The molecule has 0 saturated carbocycles. The second kappa shape index (κ2) is 14.6. The summed E-state index contributed by atoms with van der Waals surface area (Å²) in [5, 5.41) is 1.34. The molecule has 5 aromatic carbocycles. The Bertz CT molecular complexity index is 2890. The van der Waals surface area contributed by atoms with Gasteiger partial charge >= 0.3 is 0 Å². The molecule has 3 aliphatic rings. The molecule has 2 aromatic heterocycles. The summed E-state index contributed by atoms with van der Waals surface area (Å²) < 4.78 is 2.46. The third-order valence-corrected chi connectivity index (χ3v) is 11.5. The van der Waals surface area contributed by atoms with Crippen LogP contribution in [-0.2, 0) is 12.8 Å². The quantitative estimate of drug-likeness (QED) is 0.156. The topological polar surface area (TPSA) is 43.6 Å². The highest BCUT2D eigenvalue weighted by Crippen LogP contribution is 2.40. The van der Waals surface area contributed by atoms with Gasteiger partial charge < -0.3 is 4.57 Å². The zero-order valence-electron chi connectivity index (χ0n) is 32.1. The van der Waals surface area contributed by atoms with Crippen molar-refractivity contribution < 1.29 is 0 Å². The summed E-state index contributed by atoms with van der Waals surface area (Å²) >= 11 is 0. The fourth-order valence-corrected chi connectivity index (χ4v) is 8.75. The fraction of sp³-hybridized carbons (Fsp3) is 0.113. The van der Waals surface area contributed by atoms with Gasteiger partial charge in [-0.05, 0) is 126 Å². The van der Waals surface area contributed by atoms with Crippen molar-refractivity contribution in [1.29, 1.82) is 0 Å². The van der Waals surface area contributed by atoms with Gasteiger partial charge in [-0.15, -0.1) is 0 Å². The molecule has 0 amide bonds. The fourth-order valence-electron chi connectivity index (χ4n) is 8.75. The smallest absolute Gasteiger partial charge is 0.164 e. The number of rotatable bonds is 8. The van der Waals surface area contributed by atoms with E-state index in [9.17, 15) is 0 Å². The SMILES string of the molecule is C=CC1=C(/C=C\C)c2cc(-c3nc(-c4ccccc4)nc(-c4cccc(-c5cccc(-n6c7c(c8ccccc86)CCC(C6=CCCC=C6)=C7)c5)c4)n3)ccc2C1. The average molecular weight is 735 g/mol. The highest BCUT2D eigenvalue weighted by Gasteiger charge is 2.23. The number of hydrogen-bond acceptors (Lipinski definition) is 3. The molecule has 0 saturated heterocycles. The summed E-state index contributed by atoms with van der Waals surface area (Å²) in [5.41, 5.74) is 17.9. The first-order valence-corrected chi connectivity index (χ1v) is 20.0. The first kappa shape index (κ1) is 34.6. The molecule has 0 radical (unpaired) electrons. The Morgan fingerprint density at radius 3 is 2.18 bits per heavy atom. The molecule has 0 unspecified atom stereocenters. The molecule has 7 aromatic rings. The van der Waals surface area contributed by atoms with Crippen molar-refractivity contribution in [2.45, 2.75) is 39.0 Å². The van der Waals surface area contributed by atoms with Gasteiger partial charge in [0, 0.05) is 27.8 Å². The molecule has 2 heterocycles. The van der Waals surface area contributed by atoms with Crippen LogP contribution in [0.15, 0.2) is 181 Å². The van der Waals surface area contributed by atoms with Crippen molar-refractivity contribution in [3.8, 4) is 51.0 Å². The van der Waals surface area contributed by atoms with Crippen LogP contribution < -0.4 is 0 Å². The van der Waals surface area contributed by atoms with Crippen LogP contribution >= 0.6 is 0 Å². The molecule has 0 spiro atoms. The van der Waals surface area contributed by atoms with Crippen molar-refractivity contribution in [1.82, 2.24) is 19.5 Å². The summed E-state index contributed by atoms with van der Waals surface area (Å²) in [5.74, 6) is 1.94. The monoisotopic (exact) mass is 734 g/mol. The van der Waals surface area contributed by atoms with Gasteiger partial charge in [-0.1, -0.05) is 134 Å². The summed E-state index contributed by atoms with van der Waals surface area (Å²) in [6.07, 6.45) is 20.9.